The second-order valence-corrected chi connectivity index (χ2v) is 6.11. The first-order valence-electron chi connectivity index (χ1n) is 9.03. The molecule has 0 aliphatic carbocycles. The van der Waals surface area contributed by atoms with E-state index in [2.05, 4.69) is 17.6 Å². The maximum atomic E-state index is 12.1. The lowest BCUT2D eigenvalue weighted by atomic mass is 10.1. The summed E-state index contributed by atoms with van der Waals surface area (Å²) < 4.78 is 0. The van der Waals surface area contributed by atoms with E-state index in [4.69, 9.17) is 0 Å². The zero-order valence-electron chi connectivity index (χ0n) is 15.2. The van der Waals surface area contributed by atoms with Crippen molar-refractivity contribution in [3.05, 3.63) is 77.4 Å². The molecule has 0 aliphatic rings. The van der Waals surface area contributed by atoms with Crippen LogP contribution in [0.2, 0.25) is 0 Å². The van der Waals surface area contributed by atoms with Crippen molar-refractivity contribution in [1.82, 2.24) is 10.6 Å². The number of nitrogens with one attached hydrogen (secondary N) is 2. The summed E-state index contributed by atoms with van der Waals surface area (Å²) in [7, 11) is 0. The molecule has 4 heteroatoms. The molecule has 0 heterocycles. The highest BCUT2D eigenvalue weighted by Gasteiger charge is 2.05. The Morgan fingerprint density at radius 1 is 1.00 bits per heavy atom. The van der Waals surface area contributed by atoms with Crippen molar-refractivity contribution in [3.8, 4) is 0 Å². The van der Waals surface area contributed by atoms with Crippen LogP contribution in [0, 0.1) is 0 Å². The Bertz CT molecular complexity index is 722. The van der Waals surface area contributed by atoms with Crippen molar-refractivity contribution in [2.45, 2.75) is 26.3 Å². The molecule has 26 heavy (non-hydrogen) atoms. The van der Waals surface area contributed by atoms with Gasteiger partial charge in [-0.1, -0.05) is 67.9 Å². The molecule has 0 unspecified atom stereocenters. The van der Waals surface area contributed by atoms with E-state index in [1.54, 1.807) is 6.08 Å². The van der Waals surface area contributed by atoms with Crippen molar-refractivity contribution < 1.29 is 9.59 Å². The average molecular weight is 350 g/mol. The number of carbonyl (C=O) groups is 2. The molecule has 2 N–H and O–H groups in total. The van der Waals surface area contributed by atoms with Gasteiger partial charge in [0.1, 0.15) is 0 Å². The first kappa shape index (κ1) is 19.6. The highest BCUT2D eigenvalue weighted by Crippen LogP contribution is 2.05. The third kappa shape index (κ3) is 7.03. The first-order chi connectivity index (χ1) is 12.7. The minimum Gasteiger partial charge on any atom is -0.348 e. The van der Waals surface area contributed by atoms with E-state index in [0.29, 0.717) is 18.7 Å². The van der Waals surface area contributed by atoms with Gasteiger partial charge in [-0.15, -0.1) is 0 Å². The van der Waals surface area contributed by atoms with Crippen LogP contribution in [0.1, 0.15) is 41.3 Å². The summed E-state index contributed by atoms with van der Waals surface area (Å²) in [4.78, 5) is 23.9. The Kier molecular flexibility index (Phi) is 8.30. The van der Waals surface area contributed by atoms with Crippen LogP contribution in [0.15, 0.2) is 60.7 Å². The van der Waals surface area contributed by atoms with Gasteiger partial charge < -0.3 is 10.6 Å². The van der Waals surface area contributed by atoms with Gasteiger partial charge in [0.15, 0.2) is 5.78 Å². The van der Waals surface area contributed by atoms with Crippen LogP contribution in [-0.4, -0.2) is 24.8 Å². The molecule has 0 aromatic heterocycles. The topological polar surface area (TPSA) is 58.2 Å². The molecule has 4 nitrogen and oxygen atoms in total. The number of amides is 1. The van der Waals surface area contributed by atoms with E-state index in [1.807, 2.05) is 54.6 Å². The zero-order valence-corrected chi connectivity index (χ0v) is 15.2. The Morgan fingerprint density at radius 2 is 1.73 bits per heavy atom. The Morgan fingerprint density at radius 3 is 2.42 bits per heavy atom. The molecule has 2 aromatic rings. The largest absolute Gasteiger partial charge is 0.348 e. The second kappa shape index (κ2) is 11.0. The van der Waals surface area contributed by atoms with Gasteiger partial charge >= 0.3 is 0 Å². The van der Waals surface area contributed by atoms with Crippen LogP contribution in [0.5, 0.6) is 0 Å². The standard InChI is InChI=1S/C22H26N2O2/c1-2-3-15-23-17-21(25)20-12-9-19(10-13-20)16-24-22(26)14-11-18-7-5-4-6-8-18/h4-14,23H,2-3,15-17H2,1H3,(H,24,26)/b14-11+. The molecular formula is C22H26N2O2. The number of hydrogen-bond donors (Lipinski definition) is 2. The van der Waals surface area contributed by atoms with E-state index in [0.717, 1.165) is 30.5 Å². The number of benzene rings is 2. The molecule has 0 aliphatic heterocycles. The molecule has 0 atom stereocenters. The van der Waals surface area contributed by atoms with Crippen LogP contribution in [0.25, 0.3) is 6.08 Å². The SMILES string of the molecule is CCCCNCC(=O)c1ccc(CNC(=O)/C=C/c2ccccc2)cc1. The van der Waals surface area contributed by atoms with Crippen molar-refractivity contribution in [2.24, 2.45) is 0 Å². The quantitative estimate of drug-likeness (QED) is 0.391. The maximum Gasteiger partial charge on any atom is 0.244 e. The summed E-state index contributed by atoms with van der Waals surface area (Å²) >= 11 is 0. The normalized spacial score (nSPS) is 10.8. The molecule has 0 bridgehead atoms. The summed E-state index contributed by atoms with van der Waals surface area (Å²) in [5.41, 5.74) is 2.63. The molecule has 0 saturated carbocycles. The first-order valence-corrected chi connectivity index (χ1v) is 9.03. The molecule has 1 amide bonds. The van der Waals surface area contributed by atoms with E-state index in [9.17, 15) is 9.59 Å². The average Bonchev–Trinajstić information content (AvgIpc) is 2.69. The fourth-order valence-corrected chi connectivity index (χ4v) is 2.40. The number of Topliss-reactive ketones (excluding diaryl/α,β-unsaturated/α-hetero) is 1. The summed E-state index contributed by atoms with van der Waals surface area (Å²) in [6, 6.07) is 17.1. The fraction of sp³-hybridized carbons (Fsp3) is 0.273. The minimum atomic E-state index is -0.144. The number of rotatable bonds is 10. The van der Waals surface area contributed by atoms with Crippen LogP contribution in [-0.2, 0) is 11.3 Å². The van der Waals surface area contributed by atoms with E-state index in [1.165, 1.54) is 6.08 Å². The third-order valence-electron chi connectivity index (χ3n) is 3.96. The highest BCUT2D eigenvalue weighted by molar-refractivity contribution is 5.97. The van der Waals surface area contributed by atoms with E-state index >= 15 is 0 Å². The molecular weight excluding hydrogens is 324 g/mol. The summed E-state index contributed by atoms with van der Waals surface area (Å²) in [5, 5.41) is 6.00. The van der Waals surface area contributed by atoms with Gasteiger partial charge in [0, 0.05) is 18.2 Å². The smallest absolute Gasteiger partial charge is 0.244 e. The summed E-state index contributed by atoms with van der Waals surface area (Å²) in [6.45, 7) is 3.78. The third-order valence-corrected chi connectivity index (χ3v) is 3.96. The molecule has 136 valence electrons. The van der Waals surface area contributed by atoms with Crippen molar-refractivity contribution in [3.63, 3.8) is 0 Å². The van der Waals surface area contributed by atoms with Crippen LogP contribution < -0.4 is 10.6 Å². The van der Waals surface area contributed by atoms with Crippen molar-refractivity contribution >= 4 is 17.8 Å². The lowest BCUT2D eigenvalue weighted by Crippen LogP contribution is -2.24. The van der Waals surface area contributed by atoms with Gasteiger partial charge in [0.05, 0.1) is 6.54 Å². The lowest BCUT2D eigenvalue weighted by molar-refractivity contribution is -0.116. The van der Waals surface area contributed by atoms with Gasteiger partial charge in [-0.3, -0.25) is 9.59 Å². The Balaban J connectivity index is 1.77. The summed E-state index contributed by atoms with van der Waals surface area (Å²) in [6.07, 6.45) is 5.49. The van der Waals surface area contributed by atoms with Crippen molar-refractivity contribution in [1.29, 1.82) is 0 Å². The number of hydrogen-bond acceptors (Lipinski definition) is 3. The van der Waals surface area contributed by atoms with E-state index < -0.39 is 0 Å². The van der Waals surface area contributed by atoms with Gasteiger partial charge in [-0.25, -0.2) is 0 Å². The van der Waals surface area contributed by atoms with Crippen LogP contribution in [0.3, 0.4) is 0 Å². The molecule has 0 spiro atoms. The molecule has 2 rings (SSSR count). The van der Waals surface area contributed by atoms with Crippen LogP contribution in [0.4, 0.5) is 0 Å². The summed E-state index contributed by atoms with van der Waals surface area (Å²) in [5.74, 6) is -0.0587. The predicted molar refractivity (Wildman–Crippen MR) is 106 cm³/mol. The fourth-order valence-electron chi connectivity index (χ4n) is 2.40. The Hall–Kier alpha value is -2.72. The van der Waals surface area contributed by atoms with Crippen LogP contribution >= 0.6 is 0 Å². The second-order valence-electron chi connectivity index (χ2n) is 6.11. The number of unbranched alkanes of at least 4 members (excludes halogenated alkanes) is 1. The van der Waals surface area contributed by atoms with Gasteiger partial charge in [0.25, 0.3) is 0 Å². The number of ketones is 1. The number of carbonyl (C=O) groups excluding carboxylic acids is 2. The van der Waals surface area contributed by atoms with Gasteiger partial charge in [-0.05, 0) is 30.2 Å². The molecule has 0 saturated heterocycles. The molecule has 0 fully saturated rings. The predicted octanol–water partition coefficient (Wildman–Crippen LogP) is 3.59. The van der Waals surface area contributed by atoms with E-state index in [-0.39, 0.29) is 11.7 Å². The maximum absolute atomic E-state index is 12.1. The highest BCUT2D eigenvalue weighted by atomic mass is 16.1. The van der Waals surface area contributed by atoms with Gasteiger partial charge in [0.2, 0.25) is 5.91 Å². The minimum absolute atomic E-state index is 0.0856. The Labute approximate surface area is 155 Å². The zero-order chi connectivity index (χ0) is 18.6. The molecule has 0 radical (unpaired) electrons. The molecule has 2 aromatic carbocycles. The monoisotopic (exact) mass is 350 g/mol. The lowest BCUT2D eigenvalue weighted by Gasteiger charge is -2.06. The van der Waals surface area contributed by atoms with Gasteiger partial charge in [-0.2, -0.15) is 0 Å². The van der Waals surface area contributed by atoms with Crippen molar-refractivity contribution in [2.75, 3.05) is 13.1 Å².